The normalized spacial score (nSPS) is 17.9. The monoisotopic (exact) mass is 261 g/mol. The standard InChI is InChI=1S/C15H23N3O/c1-3-13-5-6-15(16-11-13)17-12-14(4-2)18-7-9-19-10-8-18/h3,5-6,11,14H,1,4,7-10,12H2,2H3,(H,16,17)/t14-/m0/s1. The quantitative estimate of drug-likeness (QED) is 0.852. The van der Waals surface area contributed by atoms with Crippen LogP contribution in [0, 0.1) is 0 Å². The number of hydrogen-bond acceptors (Lipinski definition) is 4. The smallest absolute Gasteiger partial charge is 0.125 e. The molecule has 0 unspecified atom stereocenters. The first-order chi connectivity index (χ1) is 9.33. The summed E-state index contributed by atoms with van der Waals surface area (Å²) in [6, 6.07) is 4.57. The Morgan fingerprint density at radius 3 is 2.84 bits per heavy atom. The number of hydrogen-bond donors (Lipinski definition) is 1. The van der Waals surface area contributed by atoms with E-state index in [1.165, 1.54) is 0 Å². The highest BCUT2D eigenvalue weighted by Crippen LogP contribution is 2.10. The predicted octanol–water partition coefficient (Wildman–Crippen LogP) is 2.25. The van der Waals surface area contributed by atoms with Crippen LogP contribution in [0.1, 0.15) is 18.9 Å². The van der Waals surface area contributed by atoms with E-state index in [2.05, 4.69) is 28.7 Å². The number of ether oxygens (including phenoxy) is 1. The van der Waals surface area contributed by atoms with Gasteiger partial charge in [-0.05, 0) is 24.1 Å². The Balaban J connectivity index is 1.85. The Kier molecular flexibility index (Phi) is 5.36. The molecule has 0 spiro atoms. The average molecular weight is 261 g/mol. The molecule has 1 aliphatic rings. The molecular formula is C15H23N3O. The molecule has 1 aromatic rings. The Hall–Kier alpha value is -1.39. The molecule has 2 heterocycles. The predicted molar refractivity (Wildman–Crippen MR) is 79.3 cm³/mol. The van der Waals surface area contributed by atoms with Crippen LogP contribution in [-0.2, 0) is 4.74 Å². The molecule has 0 aliphatic carbocycles. The highest BCUT2D eigenvalue weighted by molar-refractivity contribution is 5.48. The molecule has 2 rings (SSSR count). The number of anilines is 1. The average Bonchev–Trinajstić information content (AvgIpc) is 2.49. The van der Waals surface area contributed by atoms with E-state index in [-0.39, 0.29) is 0 Å². The number of nitrogens with zero attached hydrogens (tertiary/aromatic N) is 2. The Bertz CT molecular complexity index is 385. The summed E-state index contributed by atoms with van der Waals surface area (Å²) < 4.78 is 5.40. The lowest BCUT2D eigenvalue weighted by Crippen LogP contribution is -2.46. The van der Waals surface area contributed by atoms with Crippen LogP contribution in [0.4, 0.5) is 5.82 Å². The third-order valence-corrected chi connectivity index (χ3v) is 3.57. The molecule has 1 atom stereocenters. The van der Waals surface area contributed by atoms with Gasteiger partial charge in [0.25, 0.3) is 0 Å². The van der Waals surface area contributed by atoms with Crippen molar-refractivity contribution in [1.82, 2.24) is 9.88 Å². The van der Waals surface area contributed by atoms with Gasteiger partial charge in [-0.2, -0.15) is 0 Å². The number of nitrogens with one attached hydrogen (secondary N) is 1. The minimum Gasteiger partial charge on any atom is -0.379 e. The Labute approximate surface area is 115 Å². The van der Waals surface area contributed by atoms with E-state index in [0.29, 0.717) is 6.04 Å². The summed E-state index contributed by atoms with van der Waals surface area (Å²) in [7, 11) is 0. The largest absolute Gasteiger partial charge is 0.379 e. The fraction of sp³-hybridized carbons (Fsp3) is 0.533. The molecule has 0 radical (unpaired) electrons. The van der Waals surface area contributed by atoms with E-state index in [1.54, 1.807) is 6.08 Å². The minimum atomic E-state index is 0.546. The number of aromatic nitrogens is 1. The summed E-state index contributed by atoms with van der Waals surface area (Å²) in [6.07, 6.45) is 4.78. The zero-order valence-electron chi connectivity index (χ0n) is 11.6. The molecule has 1 aliphatic heterocycles. The maximum absolute atomic E-state index is 5.40. The van der Waals surface area contributed by atoms with E-state index in [0.717, 1.165) is 50.7 Å². The maximum Gasteiger partial charge on any atom is 0.125 e. The van der Waals surface area contributed by atoms with Crippen LogP contribution in [0.15, 0.2) is 24.9 Å². The SMILES string of the molecule is C=Cc1ccc(NC[C@H](CC)N2CCOCC2)nc1. The summed E-state index contributed by atoms with van der Waals surface area (Å²) in [4.78, 5) is 6.87. The zero-order valence-corrected chi connectivity index (χ0v) is 11.6. The lowest BCUT2D eigenvalue weighted by molar-refractivity contribution is 0.0184. The van der Waals surface area contributed by atoms with Crippen LogP contribution >= 0.6 is 0 Å². The van der Waals surface area contributed by atoms with Gasteiger partial charge in [0, 0.05) is 31.9 Å². The summed E-state index contributed by atoms with van der Waals surface area (Å²) in [5, 5.41) is 3.42. The van der Waals surface area contributed by atoms with Gasteiger partial charge in [0.05, 0.1) is 13.2 Å². The lowest BCUT2D eigenvalue weighted by Gasteiger charge is -2.34. The molecule has 1 aromatic heterocycles. The summed E-state index contributed by atoms with van der Waals surface area (Å²) >= 11 is 0. The highest BCUT2D eigenvalue weighted by Gasteiger charge is 2.19. The van der Waals surface area contributed by atoms with Gasteiger partial charge in [-0.15, -0.1) is 0 Å². The summed E-state index contributed by atoms with van der Waals surface area (Å²) in [5.74, 6) is 0.928. The summed E-state index contributed by atoms with van der Waals surface area (Å²) in [6.45, 7) is 10.7. The van der Waals surface area contributed by atoms with Crippen molar-refractivity contribution in [3.8, 4) is 0 Å². The van der Waals surface area contributed by atoms with Crippen molar-refractivity contribution in [1.29, 1.82) is 0 Å². The highest BCUT2D eigenvalue weighted by atomic mass is 16.5. The van der Waals surface area contributed by atoms with Crippen molar-refractivity contribution in [2.75, 3.05) is 38.2 Å². The first-order valence-corrected chi connectivity index (χ1v) is 6.97. The molecule has 19 heavy (non-hydrogen) atoms. The third-order valence-electron chi connectivity index (χ3n) is 3.57. The number of pyridine rings is 1. The second-order valence-corrected chi connectivity index (χ2v) is 4.77. The van der Waals surface area contributed by atoms with Crippen molar-refractivity contribution in [2.45, 2.75) is 19.4 Å². The van der Waals surface area contributed by atoms with Crippen molar-refractivity contribution >= 4 is 11.9 Å². The first kappa shape index (κ1) is 14.0. The van der Waals surface area contributed by atoms with Gasteiger partial charge < -0.3 is 10.1 Å². The van der Waals surface area contributed by atoms with Crippen molar-refractivity contribution in [3.05, 3.63) is 30.5 Å². The molecule has 0 amide bonds. The fourth-order valence-electron chi connectivity index (χ4n) is 2.33. The van der Waals surface area contributed by atoms with Crippen molar-refractivity contribution in [3.63, 3.8) is 0 Å². The third kappa shape index (κ3) is 4.04. The molecule has 4 nitrogen and oxygen atoms in total. The van der Waals surface area contributed by atoms with Crippen molar-refractivity contribution < 1.29 is 4.74 Å². The van der Waals surface area contributed by atoms with Crippen LogP contribution in [0.25, 0.3) is 6.08 Å². The Morgan fingerprint density at radius 1 is 1.47 bits per heavy atom. The minimum absolute atomic E-state index is 0.546. The van der Waals surface area contributed by atoms with Gasteiger partial charge in [0.15, 0.2) is 0 Å². The fourth-order valence-corrected chi connectivity index (χ4v) is 2.33. The van der Waals surface area contributed by atoms with Crippen LogP contribution in [0.2, 0.25) is 0 Å². The van der Waals surface area contributed by atoms with E-state index >= 15 is 0 Å². The molecule has 0 bridgehead atoms. The van der Waals surface area contributed by atoms with E-state index in [9.17, 15) is 0 Å². The van der Waals surface area contributed by atoms with Crippen LogP contribution < -0.4 is 5.32 Å². The van der Waals surface area contributed by atoms with Crippen molar-refractivity contribution in [2.24, 2.45) is 0 Å². The van der Waals surface area contributed by atoms with Gasteiger partial charge in [-0.1, -0.05) is 19.6 Å². The number of rotatable bonds is 6. The number of morpholine rings is 1. The molecule has 1 fully saturated rings. The maximum atomic E-state index is 5.40. The lowest BCUT2D eigenvalue weighted by atomic mass is 10.1. The van der Waals surface area contributed by atoms with Gasteiger partial charge >= 0.3 is 0 Å². The van der Waals surface area contributed by atoms with Gasteiger partial charge in [0.1, 0.15) is 5.82 Å². The van der Waals surface area contributed by atoms with E-state index in [1.807, 2.05) is 18.3 Å². The van der Waals surface area contributed by atoms with Crippen LogP contribution in [0.5, 0.6) is 0 Å². The molecular weight excluding hydrogens is 238 g/mol. The second kappa shape index (κ2) is 7.26. The topological polar surface area (TPSA) is 37.4 Å². The van der Waals surface area contributed by atoms with Crippen LogP contribution in [0.3, 0.4) is 0 Å². The summed E-state index contributed by atoms with van der Waals surface area (Å²) in [5.41, 5.74) is 1.05. The second-order valence-electron chi connectivity index (χ2n) is 4.77. The molecule has 0 saturated carbocycles. The van der Waals surface area contributed by atoms with E-state index in [4.69, 9.17) is 4.74 Å². The van der Waals surface area contributed by atoms with Gasteiger partial charge in [-0.3, -0.25) is 4.90 Å². The molecule has 1 N–H and O–H groups in total. The molecule has 1 saturated heterocycles. The zero-order chi connectivity index (χ0) is 13.5. The van der Waals surface area contributed by atoms with Gasteiger partial charge in [0.2, 0.25) is 0 Å². The molecule has 0 aromatic carbocycles. The first-order valence-electron chi connectivity index (χ1n) is 6.97. The molecule has 104 valence electrons. The van der Waals surface area contributed by atoms with Crippen LogP contribution in [-0.4, -0.2) is 48.8 Å². The van der Waals surface area contributed by atoms with Gasteiger partial charge in [-0.25, -0.2) is 4.98 Å². The molecule has 4 heteroatoms. The van der Waals surface area contributed by atoms with E-state index < -0.39 is 0 Å². The Morgan fingerprint density at radius 2 is 2.26 bits per heavy atom.